The topological polar surface area (TPSA) is 127 Å². The summed E-state index contributed by atoms with van der Waals surface area (Å²) in [5.41, 5.74) is -0.483. The molecule has 24 heavy (non-hydrogen) atoms. The first-order valence-corrected chi connectivity index (χ1v) is 6.87. The number of nitrogens with one attached hydrogen (secondary N) is 2. The molecular weight excluding hydrogens is 316 g/mol. The maximum Gasteiger partial charge on any atom is 0.369 e. The van der Waals surface area contributed by atoms with Crippen LogP contribution >= 0.6 is 0 Å². The van der Waals surface area contributed by atoms with Crippen LogP contribution in [-0.4, -0.2) is 15.9 Å². The molecule has 2 rings (SSSR count). The summed E-state index contributed by atoms with van der Waals surface area (Å²) in [6.07, 6.45) is 0. The van der Waals surface area contributed by atoms with Crippen molar-refractivity contribution in [3.8, 4) is 0 Å². The van der Waals surface area contributed by atoms with Crippen LogP contribution in [0.4, 0.5) is 27.5 Å². The lowest BCUT2D eigenvalue weighted by Gasteiger charge is -2.10. The van der Waals surface area contributed by atoms with Crippen LogP contribution in [0.2, 0.25) is 0 Å². The molecule has 2 amide bonds. The first kappa shape index (κ1) is 16.9. The van der Waals surface area contributed by atoms with Gasteiger partial charge in [0.1, 0.15) is 5.69 Å². The Morgan fingerprint density at radius 3 is 2.08 bits per heavy atom. The fourth-order valence-electron chi connectivity index (χ4n) is 2.19. The van der Waals surface area contributed by atoms with E-state index in [1.165, 1.54) is 13.0 Å². The van der Waals surface area contributed by atoms with Crippen molar-refractivity contribution in [2.24, 2.45) is 0 Å². The molecule has 0 radical (unpaired) electrons. The number of anilines is 2. The van der Waals surface area contributed by atoms with E-state index in [0.29, 0.717) is 11.3 Å². The number of para-hydroxylation sites is 1. The smallest absolute Gasteiger partial charge is 0.308 e. The van der Waals surface area contributed by atoms with Crippen molar-refractivity contribution in [3.05, 3.63) is 67.8 Å². The summed E-state index contributed by atoms with van der Waals surface area (Å²) in [5.74, 6) is 0. The summed E-state index contributed by atoms with van der Waals surface area (Å²) >= 11 is 0. The summed E-state index contributed by atoms with van der Waals surface area (Å²) in [7, 11) is 0. The van der Waals surface area contributed by atoms with E-state index in [-0.39, 0.29) is 11.3 Å². The second-order valence-electron chi connectivity index (χ2n) is 5.02. The SMILES string of the molecule is Cc1cc(NC(=O)Nc2ccccc2)c([N+](=O)[O-])c([N+](=O)[O-])c1C. The highest BCUT2D eigenvalue weighted by Crippen LogP contribution is 2.39. The Kier molecular flexibility index (Phi) is 4.73. The van der Waals surface area contributed by atoms with E-state index in [1.54, 1.807) is 37.3 Å². The van der Waals surface area contributed by atoms with E-state index >= 15 is 0 Å². The summed E-state index contributed by atoms with van der Waals surface area (Å²) in [6.45, 7) is 3.00. The quantitative estimate of drug-likeness (QED) is 0.651. The zero-order valence-corrected chi connectivity index (χ0v) is 12.9. The second kappa shape index (κ2) is 6.73. The summed E-state index contributed by atoms with van der Waals surface area (Å²) in [6, 6.07) is 9.05. The Labute approximate surface area is 136 Å². The molecule has 9 nitrogen and oxygen atoms in total. The molecule has 0 saturated heterocycles. The van der Waals surface area contributed by atoms with Crippen LogP contribution in [0, 0.1) is 34.1 Å². The number of nitro benzene ring substituents is 2. The first-order valence-electron chi connectivity index (χ1n) is 6.87. The highest BCUT2D eigenvalue weighted by molar-refractivity contribution is 6.02. The van der Waals surface area contributed by atoms with E-state index < -0.39 is 27.3 Å². The van der Waals surface area contributed by atoms with Crippen LogP contribution in [0.15, 0.2) is 36.4 Å². The third-order valence-corrected chi connectivity index (χ3v) is 3.43. The number of carbonyl (C=O) groups is 1. The Hall–Kier alpha value is -3.49. The Morgan fingerprint density at radius 1 is 0.958 bits per heavy atom. The molecule has 124 valence electrons. The van der Waals surface area contributed by atoms with Crippen molar-refractivity contribution in [2.75, 3.05) is 10.6 Å². The number of nitro groups is 2. The van der Waals surface area contributed by atoms with Gasteiger partial charge >= 0.3 is 17.4 Å². The molecule has 0 fully saturated rings. The van der Waals surface area contributed by atoms with Gasteiger partial charge in [0.2, 0.25) is 0 Å². The molecule has 2 aromatic rings. The van der Waals surface area contributed by atoms with Crippen LogP contribution in [0.1, 0.15) is 11.1 Å². The third-order valence-electron chi connectivity index (χ3n) is 3.43. The minimum Gasteiger partial charge on any atom is -0.308 e. The fourth-order valence-corrected chi connectivity index (χ4v) is 2.19. The summed E-state index contributed by atoms with van der Waals surface area (Å²) in [4.78, 5) is 32.8. The molecule has 2 N–H and O–H groups in total. The van der Waals surface area contributed by atoms with Gasteiger partial charge in [-0.3, -0.25) is 20.2 Å². The van der Waals surface area contributed by atoms with Gasteiger partial charge in [0, 0.05) is 11.3 Å². The third kappa shape index (κ3) is 3.46. The lowest BCUT2D eigenvalue weighted by molar-refractivity contribution is -0.422. The average molecular weight is 330 g/mol. The average Bonchev–Trinajstić information content (AvgIpc) is 2.50. The van der Waals surface area contributed by atoms with Gasteiger partial charge in [-0.15, -0.1) is 0 Å². The largest absolute Gasteiger partial charge is 0.369 e. The molecule has 0 bridgehead atoms. The number of amides is 2. The number of aryl methyl sites for hydroxylation is 1. The minimum absolute atomic E-state index is 0.181. The molecule has 0 aliphatic carbocycles. The first-order chi connectivity index (χ1) is 11.3. The Balaban J connectivity index is 2.41. The predicted octanol–water partition coefficient (Wildman–Crippen LogP) is 3.76. The van der Waals surface area contributed by atoms with Gasteiger partial charge in [-0.2, -0.15) is 0 Å². The van der Waals surface area contributed by atoms with Crippen molar-refractivity contribution in [1.29, 1.82) is 0 Å². The van der Waals surface area contributed by atoms with E-state index in [9.17, 15) is 25.0 Å². The van der Waals surface area contributed by atoms with Crippen molar-refractivity contribution in [2.45, 2.75) is 13.8 Å². The maximum atomic E-state index is 12.0. The molecule has 0 aliphatic rings. The minimum atomic E-state index is -0.872. The highest BCUT2D eigenvalue weighted by Gasteiger charge is 2.33. The summed E-state index contributed by atoms with van der Waals surface area (Å²) in [5, 5.41) is 27.3. The van der Waals surface area contributed by atoms with Gasteiger partial charge in [-0.1, -0.05) is 18.2 Å². The molecule has 0 atom stereocenters. The fraction of sp³-hybridized carbons (Fsp3) is 0.133. The van der Waals surface area contributed by atoms with Gasteiger partial charge in [0.25, 0.3) is 0 Å². The van der Waals surface area contributed by atoms with E-state index in [0.717, 1.165) is 0 Å². The Bertz CT molecular complexity index is 820. The number of nitrogens with zero attached hydrogens (tertiary/aromatic N) is 2. The van der Waals surface area contributed by atoms with E-state index in [4.69, 9.17) is 0 Å². The van der Waals surface area contributed by atoms with Gasteiger partial charge in [-0.25, -0.2) is 4.79 Å². The molecule has 0 aliphatic heterocycles. The number of hydrogen-bond donors (Lipinski definition) is 2. The van der Waals surface area contributed by atoms with Crippen LogP contribution in [0.3, 0.4) is 0 Å². The molecular formula is C15H14N4O5. The predicted molar refractivity (Wildman–Crippen MR) is 88.3 cm³/mol. The zero-order chi connectivity index (χ0) is 17.9. The number of carbonyl (C=O) groups excluding carboxylic acids is 1. The standard InChI is InChI=1S/C15H14N4O5/c1-9-8-12(14(19(23)24)13(10(9)2)18(21)22)17-15(20)16-11-6-4-3-5-7-11/h3-8H,1-2H3,(H2,16,17,20). The van der Waals surface area contributed by atoms with Crippen molar-refractivity contribution in [3.63, 3.8) is 0 Å². The lowest BCUT2D eigenvalue weighted by atomic mass is 10.0. The van der Waals surface area contributed by atoms with Crippen LogP contribution in [-0.2, 0) is 0 Å². The number of benzene rings is 2. The number of urea groups is 1. The molecule has 0 unspecified atom stereocenters. The molecule has 9 heteroatoms. The maximum absolute atomic E-state index is 12.0. The second-order valence-corrected chi connectivity index (χ2v) is 5.02. The number of hydrogen-bond acceptors (Lipinski definition) is 5. The monoisotopic (exact) mass is 330 g/mol. The molecule has 0 aromatic heterocycles. The normalized spacial score (nSPS) is 10.1. The molecule has 0 spiro atoms. The van der Waals surface area contributed by atoms with E-state index in [1.807, 2.05) is 0 Å². The van der Waals surface area contributed by atoms with Crippen LogP contribution < -0.4 is 10.6 Å². The van der Waals surface area contributed by atoms with Gasteiger partial charge in [-0.05, 0) is 37.6 Å². The number of rotatable bonds is 4. The Morgan fingerprint density at radius 2 is 1.54 bits per heavy atom. The van der Waals surface area contributed by atoms with Crippen LogP contribution in [0.25, 0.3) is 0 Å². The molecule has 2 aromatic carbocycles. The zero-order valence-electron chi connectivity index (χ0n) is 12.9. The lowest BCUT2D eigenvalue weighted by Crippen LogP contribution is -2.20. The van der Waals surface area contributed by atoms with Crippen molar-refractivity contribution >= 4 is 28.8 Å². The van der Waals surface area contributed by atoms with Crippen LogP contribution in [0.5, 0.6) is 0 Å². The van der Waals surface area contributed by atoms with Gasteiger partial charge < -0.3 is 10.6 Å². The molecule has 0 heterocycles. The van der Waals surface area contributed by atoms with E-state index in [2.05, 4.69) is 10.6 Å². The van der Waals surface area contributed by atoms with Gasteiger partial charge in [0.15, 0.2) is 0 Å². The highest BCUT2D eigenvalue weighted by atomic mass is 16.6. The van der Waals surface area contributed by atoms with Crippen molar-refractivity contribution in [1.82, 2.24) is 0 Å². The van der Waals surface area contributed by atoms with Gasteiger partial charge in [0.05, 0.1) is 9.85 Å². The van der Waals surface area contributed by atoms with Crippen molar-refractivity contribution < 1.29 is 14.6 Å². The molecule has 0 saturated carbocycles. The summed E-state index contributed by atoms with van der Waals surface area (Å²) < 4.78 is 0.